The van der Waals surface area contributed by atoms with Crippen molar-refractivity contribution in [3.8, 4) is 5.82 Å². The highest BCUT2D eigenvalue weighted by atomic mass is 35.5. The predicted octanol–water partition coefficient (Wildman–Crippen LogP) is 3.89. The number of carbonyl (C=O) groups is 1. The molecule has 0 saturated heterocycles. The lowest BCUT2D eigenvalue weighted by Gasteiger charge is -2.24. The van der Waals surface area contributed by atoms with Crippen molar-refractivity contribution in [3.63, 3.8) is 0 Å². The van der Waals surface area contributed by atoms with Gasteiger partial charge in [-0.1, -0.05) is 23.2 Å². The van der Waals surface area contributed by atoms with Crippen LogP contribution in [0.2, 0.25) is 10.2 Å². The quantitative estimate of drug-likeness (QED) is 0.718. The molecule has 1 N–H and O–H groups in total. The van der Waals surface area contributed by atoms with Gasteiger partial charge in [-0.2, -0.15) is 9.78 Å². The number of aromatic nitrogens is 4. The summed E-state index contributed by atoms with van der Waals surface area (Å²) in [5.74, 6) is -0.319. The number of amides is 1. The Morgan fingerprint density at radius 3 is 2.77 bits per heavy atom. The van der Waals surface area contributed by atoms with E-state index in [1.54, 1.807) is 25.1 Å². The van der Waals surface area contributed by atoms with E-state index in [-0.39, 0.29) is 17.5 Å². The van der Waals surface area contributed by atoms with Crippen molar-refractivity contribution in [1.29, 1.82) is 0 Å². The minimum Gasteiger partial charge on any atom is -0.310 e. The maximum Gasteiger partial charge on any atom is 0.226 e. The van der Waals surface area contributed by atoms with E-state index in [0.29, 0.717) is 27.9 Å². The highest BCUT2D eigenvalue weighted by molar-refractivity contribution is 6.30. The molecule has 1 aromatic carbocycles. The molecule has 3 aromatic rings. The molecule has 0 radical (unpaired) electrons. The molecule has 6 nitrogen and oxygen atoms in total. The Kier molecular flexibility index (Phi) is 4.13. The molecule has 1 aliphatic rings. The van der Waals surface area contributed by atoms with E-state index in [9.17, 15) is 9.18 Å². The van der Waals surface area contributed by atoms with E-state index in [4.69, 9.17) is 23.2 Å². The van der Waals surface area contributed by atoms with E-state index < -0.39 is 11.7 Å². The maximum atomic E-state index is 14.4. The summed E-state index contributed by atoms with van der Waals surface area (Å²) < 4.78 is 15.9. The summed E-state index contributed by atoms with van der Waals surface area (Å²) in [5.41, 5.74) is 1.74. The summed E-state index contributed by atoms with van der Waals surface area (Å²) in [7, 11) is 0. The number of fused-ring (bicyclic) bond motifs is 1. The van der Waals surface area contributed by atoms with Crippen LogP contribution in [0.1, 0.15) is 29.2 Å². The zero-order chi connectivity index (χ0) is 18.4. The highest BCUT2D eigenvalue weighted by Gasteiger charge is 2.34. The van der Waals surface area contributed by atoms with Gasteiger partial charge >= 0.3 is 0 Å². The van der Waals surface area contributed by atoms with Gasteiger partial charge in [0.1, 0.15) is 11.6 Å². The van der Waals surface area contributed by atoms with Gasteiger partial charge in [-0.15, -0.1) is 10.2 Å². The lowest BCUT2D eigenvalue weighted by atomic mass is 9.85. The minimum atomic E-state index is -0.494. The number of aryl methyl sites for hydroxylation is 1. The van der Waals surface area contributed by atoms with Gasteiger partial charge in [-0.25, -0.2) is 4.39 Å². The van der Waals surface area contributed by atoms with Crippen LogP contribution in [0.3, 0.4) is 0 Å². The first-order chi connectivity index (χ1) is 12.4. The lowest BCUT2D eigenvalue weighted by Crippen LogP contribution is -2.25. The van der Waals surface area contributed by atoms with Crippen LogP contribution in [0.15, 0.2) is 30.3 Å². The molecule has 0 aliphatic carbocycles. The average molecular weight is 392 g/mol. The molecule has 1 aliphatic heterocycles. The molecule has 0 fully saturated rings. The fourth-order valence-corrected chi connectivity index (χ4v) is 3.46. The number of hydrogen-bond acceptors (Lipinski definition) is 4. The van der Waals surface area contributed by atoms with Crippen LogP contribution in [0, 0.1) is 12.7 Å². The summed E-state index contributed by atoms with van der Waals surface area (Å²) in [6.07, 6.45) is 0.100. The van der Waals surface area contributed by atoms with Crippen LogP contribution in [0.25, 0.3) is 5.82 Å². The number of anilines is 1. The number of rotatable bonds is 2. The monoisotopic (exact) mass is 391 g/mol. The van der Waals surface area contributed by atoms with Gasteiger partial charge < -0.3 is 5.32 Å². The first-order valence-corrected chi connectivity index (χ1v) is 8.53. The van der Waals surface area contributed by atoms with Crippen LogP contribution in [0.4, 0.5) is 10.2 Å². The van der Waals surface area contributed by atoms with Crippen molar-refractivity contribution in [2.75, 3.05) is 5.32 Å². The molecule has 0 bridgehead atoms. The van der Waals surface area contributed by atoms with Crippen LogP contribution in [-0.2, 0) is 4.79 Å². The summed E-state index contributed by atoms with van der Waals surface area (Å²) in [5, 5.41) is 15.7. The highest BCUT2D eigenvalue weighted by Crippen LogP contribution is 2.41. The molecule has 4 rings (SSSR count). The first-order valence-electron chi connectivity index (χ1n) is 7.78. The molecular formula is C17H12Cl2FN5O. The van der Waals surface area contributed by atoms with Gasteiger partial charge in [0.25, 0.3) is 0 Å². The van der Waals surface area contributed by atoms with Gasteiger partial charge in [-0.3, -0.25) is 4.79 Å². The third kappa shape index (κ3) is 2.83. The normalized spacial score (nSPS) is 16.3. The molecule has 1 atom stereocenters. The third-order valence-corrected chi connectivity index (χ3v) is 4.71. The fourth-order valence-electron chi connectivity index (χ4n) is 3.18. The number of hydrogen-bond donors (Lipinski definition) is 1. The third-order valence-electron chi connectivity index (χ3n) is 4.27. The van der Waals surface area contributed by atoms with Crippen molar-refractivity contribution >= 4 is 34.9 Å². The summed E-state index contributed by atoms with van der Waals surface area (Å²) in [6.45, 7) is 1.80. The molecule has 3 heterocycles. The molecule has 9 heteroatoms. The van der Waals surface area contributed by atoms with Crippen molar-refractivity contribution < 1.29 is 9.18 Å². The summed E-state index contributed by atoms with van der Waals surface area (Å²) >= 11 is 11.8. The summed E-state index contributed by atoms with van der Waals surface area (Å²) in [4.78, 5) is 12.3. The first kappa shape index (κ1) is 16.9. The zero-order valence-corrected chi connectivity index (χ0v) is 15.0. The largest absolute Gasteiger partial charge is 0.310 e. The standard InChI is InChI=1S/C17H12Cl2FN5O/c1-8-16-11(10-6-9(18)2-3-12(10)20)7-15(26)21-17(16)25(24-8)14-5-4-13(19)22-23-14/h2-6,11H,7H2,1H3,(H,21,26). The Morgan fingerprint density at radius 2 is 2.04 bits per heavy atom. The van der Waals surface area contributed by atoms with Crippen molar-refractivity contribution in [2.45, 2.75) is 19.3 Å². The number of benzene rings is 1. The molecule has 0 saturated carbocycles. The van der Waals surface area contributed by atoms with Gasteiger partial charge in [0, 0.05) is 22.9 Å². The summed E-state index contributed by atoms with van der Waals surface area (Å²) in [6, 6.07) is 7.53. The van der Waals surface area contributed by atoms with Gasteiger partial charge in [0.15, 0.2) is 11.0 Å². The molecule has 2 aromatic heterocycles. The van der Waals surface area contributed by atoms with E-state index in [1.807, 2.05) is 0 Å². The van der Waals surface area contributed by atoms with E-state index in [0.717, 1.165) is 5.56 Å². The molecule has 132 valence electrons. The number of halogens is 3. The SMILES string of the molecule is Cc1nn(-c2ccc(Cl)nn2)c2c1C(c1cc(Cl)ccc1F)CC(=O)N2. The molecule has 1 unspecified atom stereocenters. The zero-order valence-electron chi connectivity index (χ0n) is 13.5. The van der Waals surface area contributed by atoms with Crippen molar-refractivity contribution in [2.24, 2.45) is 0 Å². The Bertz CT molecular complexity index is 1020. The maximum absolute atomic E-state index is 14.4. The molecular weight excluding hydrogens is 380 g/mol. The average Bonchev–Trinajstić information content (AvgIpc) is 2.94. The number of nitrogens with one attached hydrogen (secondary N) is 1. The van der Waals surface area contributed by atoms with Gasteiger partial charge in [0.05, 0.1) is 5.69 Å². The van der Waals surface area contributed by atoms with Gasteiger partial charge in [-0.05, 0) is 42.8 Å². The molecule has 0 spiro atoms. The van der Waals surface area contributed by atoms with Crippen molar-refractivity contribution in [1.82, 2.24) is 20.0 Å². The number of nitrogens with zero attached hydrogens (tertiary/aromatic N) is 4. The second-order valence-corrected chi connectivity index (χ2v) is 6.77. The molecule has 26 heavy (non-hydrogen) atoms. The fraction of sp³-hybridized carbons (Fsp3) is 0.176. The second kappa shape index (κ2) is 6.34. The second-order valence-electron chi connectivity index (χ2n) is 5.94. The Hall–Kier alpha value is -2.51. The van der Waals surface area contributed by atoms with Crippen LogP contribution < -0.4 is 5.32 Å². The van der Waals surface area contributed by atoms with Gasteiger partial charge in [0.2, 0.25) is 5.91 Å². The van der Waals surface area contributed by atoms with E-state index in [1.165, 1.54) is 16.8 Å². The van der Waals surface area contributed by atoms with E-state index in [2.05, 4.69) is 20.6 Å². The number of carbonyl (C=O) groups excluding carboxylic acids is 1. The smallest absolute Gasteiger partial charge is 0.226 e. The Labute approximate surface area is 157 Å². The topological polar surface area (TPSA) is 72.7 Å². The lowest BCUT2D eigenvalue weighted by molar-refractivity contribution is -0.116. The Balaban J connectivity index is 1.90. The van der Waals surface area contributed by atoms with Crippen LogP contribution in [0.5, 0.6) is 0 Å². The predicted molar refractivity (Wildman–Crippen MR) is 95.4 cm³/mol. The van der Waals surface area contributed by atoms with Crippen LogP contribution >= 0.6 is 23.2 Å². The Morgan fingerprint density at radius 1 is 1.23 bits per heavy atom. The van der Waals surface area contributed by atoms with E-state index >= 15 is 0 Å². The van der Waals surface area contributed by atoms with Crippen LogP contribution in [-0.4, -0.2) is 25.9 Å². The minimum absolute atomic E-state index is 0.100. The van der Waals surface area contributed by atoms with Crippen molar-refractivity contribution in [3.05, 3.63) is 63.1 Å². The molecule has 1 amide bonds.